The van der Waals surface area contributed by atoms with Crippen LogP contribution in [0.1, 0.15) is 30.9 Å². The molecule has 0 heterocycles. The van der Waals surface area contributed by atoms with Crippen LogP contribution in [0.5, 0.6) is 5.75 Å². The highest BCUT2D eigenvalue weighted by atomic mass is 16.7. The molecule has 18 heavy (non-hydrogen) atoms. The molecule has 3 nitrogen and oxygen atoms in total. The summed E-state index contributed by atoms with van der Waals surface area (Å²) >= 11 is 0. The maximum atomic E-state index is 5.86. The molecule has 0 spiro atoms. The molecule has 1 aromatic rings. The number of hydrogen-bond acceptors (Lipinski definition) is 3. The summed E-state index contributed by atoms with van der Waals surface area (Å²) in [7, 11) is 0. The van der Waals surface area contributed by atoms with E-state index in [0.717, 1.165) is 30.3 Å². The first-order valence-electron chi connectivity index (χ1n) is 6.71. The fraction of sp³-hybridized carbons (Fsp3) is 0.600. The zero-order chi connectivity index (χ0) is 13.0. The van der Waals surface area contributed by atoms with Crippen LogP contribution >= 0.6 is 0 Å². The van der Waals surface area contributed by atoms with Crippen LogP contribution in [0.25, 0.3) is 0 Å². The summed E-state index contributed by atoms with van der Waals surface area (Å²) in [6.07, 6.45) is 3.44. The smallest absolute Gasteiger partial charge is 0.189 e. The van der Waals surface area contributed by atoms with Gasteiger partial charge in [-0.05, 0) is 50.2 Å². The number of nitrogens with two attached hydrogens (primary N) is 1. The molecule has 3 heteroatoms. The van der Waals surface area contributed by atoms with Gasteiger partial charge >= 0.3 is 0 Å². The topological polar surface area (TPSA) is 44.5 Å². The second-order valence-electron chi connectivity index (χ2n) is 5.32. The third kappa shape index (κ3) is 4.00. The molecule has 0 aromatic heterocycles. The zero-order valence-electron chi connectivity index (χ0n) is 11.3. The van der Waals surface area contributed by atoms with E-state index in [0.29, 0.717) is 6.79 Å². The van der Waals surface area contributed by atoms with Crippen LogP contribution in [0.2, 0.25) is 0 Å². The maximum absolute atomic E-state index is 5.86. The van der Waals surface area contributed by atoms with E-state index in [1.54, 1.807) is 0 Å². The molecule has 1 aliphatic carbocycles. The summed E-state index contributed by atoms with van der Waals surface area (Å²) < 4.78 is 11.3. The SMILES string of the molecule is Cc1cccc(CC(C)N)c1OCOCC1CC1. The van der Waals surface area contributed by atoms with Crippen molar-refractivity contribution in [1.82, 2.24) is 0 Å². The van der Waals surface area contributed by atoms with E-state index in [-0.39, 0.29) is 6.04 Å². The molecule has 1 unspecified atom stereocenters. The van der Waals surface area contributed by atoms with Gasteiger partial charge in [-0.25, -0.2) is 0 Å². The molecule has 1 aliphatic rings. The van der Waals surface area contributed by atoms with Gasteiger partial charge in [-0.2, -0.15) is 0 Å². The van der Waals surface area contributed by atoms with E-state index in [1.165, 1.54) is 18.4 Å². The van der Waals surface area contributed by atoms with Gasteiger partial charge in [-0.3, -0.25) is 0 Å². The Morgan fingerprint density at radius 1 is 1.39 bits per heavy atom. The molecule has 2 N–H and O–H groups in total. The second-order valence-corrected chi connectivity index (χ2v) is 5.32. The largest absolute Gasteiger partial charge is 0.467 e. The van der Waals surface area contributed by atoms with Crippen molar-refractivity contribution in [3.8, 4) is 5.75 Å². The minimum absolute atomic E-state index is 0.140. The summed E-state index contributed by atoms with van der Waals surface area (Å²) in [6.45, 7) is 5.23. The molecule has 1 saturated carbocycles. The molecule has 100 valence electrons. The molecule has 0 bridgehead atoms. The average Bonchev–Trinajstić information content (AvgIpc) is 3.10. The third-order valence-electron chi connectivity index (χ3n) is 3.17. The molecular weight excluding hydrogens is 226 g/mol. The van der Waals surface area contributed by atoms with Gasteiger partial charge in [0, 0.05) is 6.04 Å². The Kier molecular flexibility index (Phi) is 4.61. The summed E-state index contributed by atoms with van der Waals surface area (Å²) in [4.78, 5) is 0. The van der Waals surface area contributed by atoms with Gasteiger partial charge in [0.05, 0.1) is 6.61 Å². The fourth-order valence-electron chi connectivity index (χ4n) is 2.03. The fourth-order valence-corrected chi connectivity index (χ4v) is 2.03. The van der Waals surface area contributed by atoms with Crippen molar-refractivity contribution in [3.63, 3.8) is 0 Å². The lowest BCUT2D eigenvalue weighted by molar-refractivity contribution is 0.00906. The summed E-state index contributed by atoms with van der Waals surface area (Å²) in [5.74, 6) is 1.71. The molecule has 1 aromatic carbocycles. The molecule has 1 fully saturated rings. The van der Waals surface area contributed by atoms with Crippen LogP contribution in [0.3, 0.4) is 0 Å². The maximum Gasteiger partial charge on any atom is 0.189 e. The Morgan fingerprint density at radius 3 is 2.83 bits per heavy atom. The number of hydrogen-bond donors (Lipinski definition) is 1. The van der Waals surface area contributed by atoms with Crippen molar-refractivity contribution in [1.29, 1.82) is 0 Å². The van der Waals surface area contributed by atoms with Crippen LogP contribution < -0.4 is 10.5 Å². The average molecular weight is 249 g/mol. The van der Waals surface area contributed by atoms with Gasteiger partial charge in [0.1, 0.15) is 5.75 Å². The van der Waals surface area contributed by atoms with Gasteiger partial charge in [0.15, 0.2) is 6.79 Å². The molecular formula is C15H23NO2. The first-order valence-corrected chi connectivity index (χ1v) is 6.71. The number of para-hydroxylation sites is 1. The van der Waals surface area contributed by atoms with Gasteiger partial charge < -0.3 is 15.2 Å². The van der Waals surface area contributed by atoms with Crippen molar-refractivity contribution < 1.29 is 9.47 Å². The highest BCUT2D eigenvalue weighted by molar-refractivity contribution is 5.41. The van der Waals surface area contributed by atoms with E-state index < -0.39 is 0 Å². The van der Waals surface area contributed by atoms with Gasteiger partial charge in [-0.15, -0.1) is 0 Å². The van der Waals surface area contributed by atoms with E-state index in [1.807, 2.05) is 13.0 Å². The molecule has 2 rings (SSSR count). The van der Waals surface area contributed by atoms with Crippen molar-refractivity contribution >= 4 is 0 Å². The number of ether oxygens (including phenoxy) is 2. The van der Waals surface area contributed by atoms with Crippen LogP contribution in [0.4, 0.5) is 0 Å². The monoisotopic (exact) mass is 249 g/mol. The normalized spacial score (nSPS) is 16.6. The van der Waals surface area contributed by atoms with Crippen LogP contribution in [0.15, 0.2) is 18.2 Å². The van der Waals surface area contributed by atoms with Gasteiger partial charge in [-0.1, -0.05) is 18.2 Å². The predicted octanol–water partition coefficient (Wildman–Crippen LogP) is 2.65. The predicted molar refractivity (Wildman–Crippen MR) is 72.7 cm³/mol. The Balaban J connectivity index is 1.90. The summed E-state index contributed by atoms with van der Waals surface area (Å²) in [5.41, 5.74) is 8.17. The lowest BCUT2D eigenvalue weighted by atomic mass is 10.0. The number of rotatable bonds is 7. The van der Waals surface area contributed by atoms with E-state index in [2.05, 4.69) is 19.1 Å². The Morgan fingerprint density at radius 2 is 2.17 bits per heavy atom. The van der Waals surface area contributed by atoms with Crippen molar-refractivity contribution in [2.24, 2.45) is 11.7 Å². The minimum Gasteiger partial charge on any atom is -0.467 e. The molecule has 0 radical (unpaired) electrons. The van der Waals surface area contributed by atoms with Gasteiger partial charge in [0.2, 0.25) is 0 Å². The second kappa shape index (κ2) is 6.21. The van der Waals surface area contributed by atoms with E-state index >= 15 is 0 Å². The molecule has 0 aliphatic heterocycles. The highest BCUT2D eigenvalue weighted by Gasteiger charge is 2.21. The summed E-state index contributed by atoms with van der Waals surface area (Å²) in [6, 6.07) is 6.32. The summed E-state index contributed by atoms with van der Waals surface area (Å²) in [5, 5.41) is 0. The third-order valence-corrected chi connectivity index (χ3v) is 3.17. The Bertz CT molecular complexity index is 386. The van der Waals surface area contributed by atoms with Crippen LogP contribution in [0, 0.1) is 12.8 Å². The zero-order valence-corrected chi connectivity index (χ0v) is 11.3. The molecule has 0 amide bonds. The number of benzene rings is 1. The van der Waals surface area contributed by atoms with Crippen LogP contribution in [-0.4, -0.2) is 19.4 Å². The van der Waals surface area contributed by atoms with Gasteiger partial charge in [0.25, 0.3) is 0 Å². The molecule has 1 atom stereocenters. The quantitative estimate of drug-likeness (QED) is 0.597. The van der Waals surface area contributed by atoms with Crippen molar-refractivity contribution in [3.05, 3.63) is 29.3 Å². The number of aryl methyl sites for hydroxylation is 1. The Hall–Kier alpha value is -1.06. The lowest BCUT2D eigenvalue weighted by Crippen LogP contribution is -2.19. The van der Waals surface area contributed by atoms with E-state index in [4.69, 9.17) is 15.2 Å². The van der Waals surface area contributed by atoms with E-state index in [9.17, 15) is 0 Å². The first kappa shape index (κ1) is 13.4. The standard InChI is InChI=1S/C15H23NO2/c1-11-4-3-5-14(8-12(2)16)15(11)18-10-17-9-13-6-7-13/h3-5,12-13H,6-10,16H2,1-2H3. The first-order chi connectivity index (χ1) is 8.66. The van der Waals surface area contributed by atoms with Crippen molar-refractivity contribution in [2.75, 3.05) is 13.4 Å². The Labute approximate surface area is 109 Å². The van der Waals surface area contributed by atoms with Crippen molar-refractivity contribution in [2.45, 2.75) is 39.2 Å². The lowest BCUT2D eigenvalue weighted by Gasteiger charge is -2.15. The van der Waals surface area contributed by atoms with Crippen LogP contribution in [-0.2, 0) is 11.2 Å². The highest BCUT2D eigenvalue weighted by Crippen LogP contribution is 2.29. The molecule has 0 saturated heterocycles. The minimum atomic E-state index is 0.140.